The van der Waals surface area contributed by atoms with E-state index >= 15 is 0 Å². The second-order valence-electron chi connectivity index (χ2n) is 4.80. The van der Waals surface area contributed by atoms with E-state index in [0.717, 1.165) is 11.3 Å². The monoisotopic (exact) mass is 294 g/mol. The molecule has 2 aromatic rings. The zero-order valence-electron chi connectivity index (χ0n) is 12.5. The topological polar surface area (TPSA) is 42.7 Å². The molecule has 0 saturated carbocycles. The summed E-state index contributed by atoms with van der Waals surface area (Å²) in [6.45, 7) is 9.11. The van der Waals surface area contributed by atoms with E-state index in [2.05, 4.69) is 10.2 Å². The van der Waals surface area contributed by atoms with Crippen LogP contribution in [0.2, 0.25) is 0 Å². The fourth-order valence-electron chi connectivity index (χ4n) is 2.11. The van der Waals surface area contributed by atoms with Gasteiger partial charge in [0.15, 0.2) is 5.69 Å². The average molecular weight is 294 g/mol. The molecule has 2 rings (SSSR count). The summed E-state index contributed by atoms with van der Waals surface area (Å²) in [5.74, 6) is -0.277. The first-order valence-electron chi connectivity index (χ1n) is 7.17. The zero-order valence-corrected chi connectivity index (χ0v) is 12.5. The van der Waals surface area contributed by atoms with E-state index in [4.69, 9.17) is 11.3 Å². The van der Waals surface area contributed by atoms with Gasteiger partial charge in [0.1, 0.15) is 6.04 Å². The zero-order chi connectivity index (χ0) is 15.8. The molecule has 0 bridgehead atoms. The number of esters is 1. The van der Waals surface area contributed by atoms with Crippen molar-refractivity contribution in [3.8, 4) is 0 Å². The highest BCUT2D eigenvalue weighted by molar-refractivity contribution is 5.79. The second-order valence-corrected chi connectivity index (χ2v) is 4.80. The van der Waals surface area contributed by atoms with Crippen molar-refractivity contribution < 1.29 is 9.53 Å². The number of benzene rings is 2. The maximum Gasteiger partial charge on any atom is 0.328 e. The number of para-hydroxylation sites is 1. The molecule has 2 aromatic carbocycles. The van der Waals surface area contributed by atoms with Crippen molar-refractivity contribution in [1.82, 2.24) is 0 Å². The van der Waals surface area contributed by atoms with Crippen LogP contribution in [0.25, 0.3) is 4.85 Å². The van der Waals surface area contributed by atoms with Gasteiger partial charge in [0.25, 0.3) is 0 Å². The number of nitrogens with zero attached hydrogens (tertiary/aromatic N) is 1. The van der Waals surface area contributed by atoms with Crippen LogP contribution in [0.15, 0.2) is 54.6 Å². The van der Waals surface area contributed by atoms with Gasteiger partial charge in [0.2, 0.25) is 0 Å². The number of ether oxygens (including phenoxy) is 1. The van der Waals surface area contributed by atoms with Gasteiger partial charge in [0, 0.05) is 12.1 Å². The number of nitrogens with one attached hydrogen (secondary N) is 1. The molecule has 4 heteroatoms. The molecule has 0 spiro atoms. The van der Waals surface area contributed by atoms with E-state index in [9.17, 15) is 4.79 Å². The maximum atomic E-state index is 12.1. The summed E-state index contributed by atoms with van der Waals surface area (Å²) in [5, 5.41) is 3.21. The Labute approximate surface area is 130 Å². The average Bonchev–Trinajstić information content (AvgIpc) is 2.56. The lowest BCUT2D eigenvalue weighted by atomic mass is 10.1. The van der Waals surface area contributed by atoms with E-state index in [1.165, 1.54) is 0 Å². The molecule has 0 radical (unpaired) electrons. The Hall–Kier alpha value is -2.80. The molecule has 0 aliphatic rings. The molecule has 0 amide bonds. The van der Waals surface area contributed by atoms with E-state index in [1.807, 2.05) is 42.5 Å². The van der Waals surface area contributed by atoms with Crippen molar-refractivity contribution in [3.63, 3.8) is 0 Å². The molecule has 0 saturated heterocycles. The molecule has 1 atom stereocenters. The van der Waals surface area contributed by atoms with Gasteiger partial charge >= 0.3 is 5.97 Å². The van der Waals surface area contributed by atoms with Crippen molar-refractivity contribution in [2.24, 2.45) is 0 Å². The van der Waals surface area contributed by atoms with Crippen molar-refractivity contribution in [3.05, 3.63) is 71.6 Å². The number of carbonyl (C=O) groups excluding carboxylic acids is 1. The molecule has 1 N–H and O–H groups in total. The maximum absolute atomic E-state index is 12.1. The molecule has 0 fully saturated rings. The predicted octanol–water partition coefficient (Wildman–Crippen LogP) is 3.82. The van der Waals surface area contributed by atoms with Gasteiger partial charge < -0.3 is 10.1 Å². The molecule has 0 aliphatic carbocycles. The van der Waals surface area contributed by atoms with Crippen LogP contribution >= 0.6 is 0 Å². The third kappa shape index (κ3) is 4.35. The fraction of sp³-hybridized carbons (Fsp3) is 0.222. The van der Waals surface area contributed by atoms with Crippen LogP contribution < -0.4 is 5.32 Å². The van der Waals surface area contributed by atoms with Crippen LogP contribution in [0.4, 0.5) is 11.4 Å². The van der Waals surface area contributed by atoms with Gasteiger partial charge in [-0.05, 0) is 24.6 Å². The Bertz CT molecular complexity index is 645. The lowest BCUT2D eigenvalue weighted by molar-refractivity contribution is -0.144. The standard InChI is InChI=1S/C18H18N2O2/c1-3-22-18(21)17(20-16-7-5-4-6-8-16)13-14-9-11-15(19-2)12-10-14/h4-12,17,20H,3,13H2,1H3. The van der Waals surface area contributed by atoms with Crippen LogP contribution in [0.5, 0.6) is 0 Å². The summed E-state index contributed by atoms with van der Waals surface area (Å²) < 4.78 is 5.14. The first kappa shape index (κ1) is 15.6. The van der Waals surface area contributed by atoms with E-state index in [-0.39, 0.29) is 5.97 Å². The van der Waals surface area contributed by atoms with Gasteiger partial charge in [-0.3, -0.25) is 0 Å². The summed E-state index contributed by atoms with van der Waals surface area (Å²) in [6, 6.07) is 16.4. The summed E-state index contributed by atoms with van der Waals surface area (Å²) >= 11 is 0. The molecule has 0 aromatic heterocycles. The SMILES string of the molecule is [C-]#[N+]c1ccc(CC(Nc2ccccc2)C(=O)OCC)cc1. The smallest absolute Gasteiger partial charge is 0.328 e. The lowest BCUT2D eigenvalue weighted by Gasteiger charge is -2.18. The highest BCUT2D eigenvalue weighted by atomic mass is 16.5. The van der Waals surface area contributed by atoms with Crippen molar-refractivity contribution in [2.75, 3.05) is 11.9 Å². The minimum atomic E-state index is -0.457. The van der Waals surface area contributed by atoms with Gasteiger partial charge in [-0.25, -0.2) is 9.64 Å². The van der Waals surface area contributed by atoms with E-state index in [0.29, 0.717) is 18.7 Å². The Morgan fingerprint density at radius 1 is 1.18 bits per heavy atom. The van der Waals surface area contributed by atoms with Crippen molar-refractivity contribution in [2.45, 2.75) is 19.4 Å². The van der Waals surface area contributed by atoms with Crippen molar-refractivity contribution in [1.29, 1.82) is 0 Å². The van der Waals surface area contributed by atoms with Crippen molar-refractivity contribution >= 4 is 17.3 Å². The largest absolute Gasteiger partial charge is 0.464 e. The normalized spacial score (nSPS) is 11.3. The van der Waals surface area contributed by atoms with Gasteiger partial charge in [0.05, 0.1) is 13.2 Å². The number of hydrogen-bond donors (Lipinski definition) is 1. The van der Waals surface area contributed by atoms with Gasteiger partial charge in [-0.2, -0.15) is 0 Å². The minimum absolute atomic E-state index is 0.277. The Balaban J connectivity index is 2.13. The summed E-state index contributed by atoms with van der Waals surface area (Å²) in [7, 11) is 0. The molecular formula is C18H18N2O2. The fourth-order valence-corrected chi connectivity index (χ4v) is 2.11. The second kappa shape index (κ2) is 7.84. The van der Waals surface area contributed by atoms with Crippen LogP contribution in [-0.2, 0) is 16.0 Å². The molecule has 4 nitrogen and oxygen atoms in total. The quantitative estimate of drug-likeness (QED) is 0.650. The minimum Gasteiger partial charge on any atom is -0.464 e. The Kier molecular flexibility index (Phi) is 5.56. The first-order valence-corrected chi connectivity index (χ1v) is 7.17. The lowest BCUT2D eigenvalue weighted by Crippen LogP contribution is -2.33. The van der Waals surface area contributed by atoms with Crippen LogP contribution in [-0.4, -0.2) is 18.6 Å². The number of rotatable bonds is 6. The van der Waals surface area contributed by atoms with E-state index < -0.39 is 6.04 Å². The highest BCUT2D eigenvalue weighted by Gasteiger charge is 2.20. The first-order chi connectivity index (χ1) is 10.7. The van der Waals surface area contributed by atoms with Crippen LogP contribution in [0, 0.1) is 6.57 Å². The Morgan fingerprint density at radius 3 is 2.45 bits per heavy atom. The molecule has 112 valence electrons. The summed E-state index contributed by atoms with van der Waals surface area (Å²) in [4.78, 5) is 15.5. The Morgan fingerprint density at radius 2 is 1.86 bits per heavy atom. The molecule has 22 heavy (non-hydrogen) atoms. The third-order valence-corrected chi connectivity index (χ3v) is 3.19. The number of hydrogen-bond acceptors (Lipinski definition) is 3. The summed E-state index contributed by atoms with van der Waals surface area (Å²) in [5.41, 5.74) is 2.44. The molecule has 0 heterocycles. The van der Waals surface area contributed by atoms with E-state index in [1.54, 1.807) is 19.1 Å². The predicted molar refractivity (Wildman–Crippen MR) is 86.9 cm³/mol. The third-order valence-electron chi connectivity index (χ3n) is 3.19. The number of carbonyl (C=O) groups is 1. The van der Waals surface area contributed by atoms with Gasteiger partial charge in [-0.15, -0.1) is 0 Å². The van der Waals surface area contributed by atoms with Gasteiger partial charge in [-0.1, -0.05) is 42.5 Å². The summed E-state index contributed by atoms with van der Waals surface area (Å²) in [6.07, 6.45) is 0.506. The molecular weight excluding hydrogens is 276 g/mol. The molecule has 1 unspecified atom stereocenters. The van der Waals surface area contributed by atoms with Crippen LogP contribution in [0.3, 0.4) is 0 Å². The molecule has 0 aliphatic heterocycles. The highest BCUT2D eigenvalue weighted by Crippen LogP contribution is 2.16. The number of anilines is 1. The van der Waals surface area contributed by atoms with Crippen LogP contribution in [0.1, 0.15) is 12.5 Å².